The summed E-state index contributed by atoms with van der Waals surface area (Å²) in [5.74, 6) is 0.863. The number of rotatable bonds is 3. The minimum absolute atomic E-state index is 0.0162. The van der Waals surface area contributed by atoms with Crippen LogP contribution in [-0.2, 0) is 6.18 Å². The van der Waals surface area contributed by atoms with Crippen LogP contribution >= 0.6 is 11.6 Å². The summed E-state index contributed by atoms with van der Waals surface area (Å²) >= 11 is 5.89. The number of aromatic nitrogens is 1. The average molecular weight is 307 g/mol. The average Bonchev–Trinajstić information content (AvgIpc) is 2.41. The van der Waals surface area contributed by atoms with Gasteiger partial charge in [-0.1, -0.05) is 30.9 Å². The Bertz CT molecular complexity index is 456. The van der Waals surface area contributed by atoms with Gasteiger partial charge in [-0.25, -0.2) is 4.98 Å². The summed E-state index contributed by atoms with van der Waals surface area (Å²) in [5.41, 5.74) is -0.821. The summed E-state index contributed by atoms with van der Waals surface area (Å²) in [4.78, 5) is 3.82. The maximum atomic E-state index is 12.5. The molecule has 0 bridgehead atoms. The molecule has 6 heteroatoms. The van der Waals surface area contributed by atoms with Gasteiger partial charge in [-0.15, -0.1) is 0 Å². The molecule has 0 aliphatic heterocycles. The maximum Gasteiger partial charge on any atom is 0.417 e. The highest BCUT2D eigenvalue weighted by Crippen LogP contribution is 2.33. The van der Waals surface area contributed by atoms with E-state index in [9.17, 15) is 13.2 Å². The number of nitrogens with zero attached hydrogens (tertiary/aromatic N) is 1. The molecule has 112 valence electrons. The molecule has 0 amide bonds. The summed E-state index contributed by atoms with van der Waals surface area (Å²) in [6, 6.07) is 1.09. The molecule has 1 N–H and O–H groups in total. The minimum Gasteiger partial charge on any atom is -0.366 e. The Morgan fingerprint density at radius 3 is 2.50 bits per heavy atom. The number of alkyl halides is 3. The normalized spacial score (nSPS) is 18.9. The van der Waals surface area contributed by atoms with Crippen molar-refractivity contribution in [2.45, 2.75) is 51.2 Å². The van der Waals surface area contributed by atoms with Gasteiger partial charge in [0.05, 0.1) is 10.6 Å². The molecule has 2 rings (SSSR count). The summed E-state index contributed by atoms with van der Waals surface area (Å²) < 4.78 is 37.6. The fourth-order valence-electron chi connectivity index (χ4n) is 2.67. The third-order valence-corrected chi connectivity index (χ3v) is 4.18. The fraction of sp³-hybridized carbons (Fsp3) is 0.643. The van der Waals surface area contributed by atoms with E-state index in [0.29, 0.717) is 11.7 Å². The molecule has 0 aromatic carbocycles. The number of hydrogen-bond donors (Lipinski definition) is 1. The second-order valence-electron chi connectivity index (χ2n) is 5.38. The highest BCUT2D eigenvalue weighted by atomic mass is 35.5. The molecule has 1 heterocycles. The number of nitrogens with one attached hydrogen (secondary N) is 1. The van der Waals surface area contributed by atoms with Crippen molar-refractivity contribution in [1.29, 1.82) is 0 Å². The van der Waals surface area contributed by atoms with Crippen LogP contribution < -0.4 is 5.32 Å². The van der Waals surface area contributed by atoms with Crippen LogP contribution in [0.25, 0.3) is 0 Å². The van der Waals surface area contributed by atoms with Gasteiger partial charge in [0.25, 0.3) is 0 Å². The summed E-state index contributed by atoms with van der Waals surface area (Å²) in [7, 11) is 0. The lowest BCUT2D eigenvalue weighted by molar-refractivity contribution is -0.137. The van der Waals surface area contributed by atoms with Crippen LogP contribution in [0.3, 0.4) is 0 Å². The lowest BCUT2D eigenvalue weighted by Gasteiger charge is -2.28. The fourth-order valence-corrected chi connectivity index (χ4v) is 2.89. The highest BCUT2D eigenvalue weighted by Gasteiger charge is 2.31. The van der Waals surface area contributed by atoms with Gasteiger partial charge in [-0.2, -0.15) is 13.2 Å². The Kier molecular flexibility index (Phi) is 4.78. The zero-order valence-corrected chi connectivity index (χ0v) is 12.1. The highest BCUT2D eigenvalue weighted by molar-refractivity contribution is 6.33. The molecule has 20 heavy (non-hydrogen) atoms. The summed E-state index contributed by atoms with van der Waals surface area (Å²) in [6.07, 6.45) is 2.39. The van der Waals surface area contributed by atoms with Crippen LogP contribution in [0.4, 0.5) is 19.0 Å². The number of anilines is 1. The standard InChI is InChI=1S/C14H18ClF3N2/c1-9(10-5-3-2-4-6-10)20-13-12(15)7-11(8-19-13)14(16,17)18/h7-10H,2-6H2,1H3,(H,19,20). The molecule has 1 saturated carbocycles. The second kappa shape index (κ2) is 6.20. The predicted octanol–water partition coefficient (Wildman–Crippen LogP) is 5.13. The maximum absolute atomic E-state index is 12.5. The molecule has 1 unspecified atom stereocenters. The van der Waals surface area contributed by atoms with Crippen molar-refractivity contribution < 1.29 is 13.2 Å². The van der Waals surface area contributed by atoms with Crippen LogP contribution in [0.2, 0.25) is 5.02 Å². The van der Waals surface area contributed by atoms with Gasteiger partial charge in [0.1, 0.15) is 5.82 Å². The van der Waals surface area contributed by atoms with Gasteiger partial charge >= 0.3 is 6.18 Å². The number of halogens is 4. The van der Waals surface area contributed by atoms with Crippen LogP contribution in [0, 0.1) is 5.92 Å². The number of pyridine rings is 1. The van der Waals surface area contributed by atoms with Gasteiger partial charge in [0.15, 0.2) is 0 Å². The largest absolute Gasteiger partial charge is 0.417 e. The van der Waals surface area contributed by atoms with E-state index in [1.807, 2.05) is 6.92 Å². The number of hydrogen-bond acceptors (Lipinski definition) is 2. The van der Waals surface area contributed by atoms with Crippen LogP contribution in [0.1, 0.15) is 44.6 Å². The van der Waals surface area contributed by atoms with Crippen molar-refractivity contribution in [3.05, 3.63) is 22.8 Å². The molecular weight excluding hydrogens is 289 g/mol. The lowest BCUT2D eigenvalue weighted by atomic mass is 9.84. The van der Waals surface area contributed by atoms with Crippen LogP contribution in [0.15, 0.2) is 12.3 Å². The van der Waals surface area contributed by atoms with Gasteiger partial charge in [-0.3, -0.25) is 0 Å². The molecule has 1 atom stereocenters. The SMILES string of the molecule is CC(Nc1ncc(C(F)(F)F)cc1Cl)C1CCCCC1. The third-order valence-electron chi connectivity index (χ3n) is 3.89. The van der Waals surface area contributed by atoms with E-state index in [4.69, 9.17) is 11.6 Å². The smallest absolute Gasteiger partial charge is 0.366 e. The van der Waals surface area contributed by atoms with Gasteiger partial charge in [0.2, 0.25) is 0 Å². The van der Waals surface area contributed by atoms with E-state index in [1.54, 1.807) is 0 Å². The van der Waals surface area contributed by atoms with Crippen molar-refractivity contribution in [3.8, 4) is 0 Å². The molecule has 0 spiro atoms. The van der Waals surface area contributed by atoms with E-state index >= 15 is 0 Å². The Labute approximate surface area is 121 Å². The third kappa shape index (κ3) is 3.78. The van der Waals surface area contributed by atoms with Crippen LogP contribution in [0.5, 0.6) is 0 Å². The first-order chi connectivity index (χ1) is 9.38. The first-order valence-electron chi connectivity index (χ1n) is 6.87. The van der Waals surface area contributed by atoms with Gasteiger partial charge in [0, 0.05) is 12.2 Å². The lowest BCUT2D eigenvalue weighted by Crippen LogP contribution is -2.28. The zero-order chi connectivity index (χ0) is 14.8. The Morgan fingerprint density at radius 1 is 1.30 bits per heavy atom. The second-order valence-corrected chi connectivity index (χ2v) is 5.79. The van der Waals surface area contributed by atoms with E-state index in [2.05, 4.69) is 10.3 Å². The Morgan fingerprint density at radius 2 is 1.95 bits per heavy atom. The van der Waals surface area contributed by atoms with E-state index in [-0.39, 0.29) is 11.1 Å². The molecule has 1 aromatic heterocycles. The molecule has 1 aliphatic carbocycles. The molecule has 0 saturated heterocycles. The Hall–Kier alpha value is -0.970. The molecule has 0 radical (unpaired) electrons. The van der Waals surface area contributed by atoms with Crippen molar-refractivity contribution in [2.75, 3.05) is 5.32 Å². The minimum atomic E-state index is -4.41. The zero-order valence-electron chi connectivity index (χ0n) is 11.3. The molecule has 2 nitrogen and oxygen atoms in total. The van der Waals surface area contributed by atoms with Crippen molar-refractivity contribution in [2.24, 2.45) is 5.92 Å². The molecule has 1 fully saturated rings. The molecule has 1 aliphatic rings. The van der Waals surface area contributed by atoms with E-state index in [0.717, 1.165) is 25.1 Å². The van der Waals surface area contributed by atoms with Gasteiger partial charge < -0.3 is 5.32 Å². The van der Waals surface area contributed by atoms with Crippen molar-refractivity contribution in [3.63, 3.8) is 0 Å². The summed E-state index contributed by atoms with van der Waals surface area (Å²) in [6.45, 7) is 2.03. The molecular formula is C14H18ClF3N2. The summed E-state index contributed by atoms with van der Waals surface area (Å²) in [5, 5.41) is 3.16. The molecule has 1 aromatic rings. The Balaban J connectivity index is 2.05. The van der Waals surface area contributed by atoms with Crippen LogP contribution in [-0.4, -0.2) is 11.0 Å². The van der Waals surface area contributed by atoms with Crippen molar-refractivity contribution in [1.82, 2.24) is 4.98 Å². The quantitative estimate of drug-likeness (QED) is 0.837. The first-order valence-corrected chi connectivity index (χ1v) is 7.25. The van der Waals surface area contributed by atoms with E-state index < -0.39 is 11.7 Å². The van der Waals surface area contributed by atoms with Crippen molar-refractivity contribution >= 4 is 17.4 Å². The predicted molar refractivity (Wildman–Crippen MR) is 73.9 cm³/mol. The van der Waals surface area contributed by atoms with E-state index in [1.165, 1.54) is 19.3 Å². The monoisotopic (exact) mass is 306 g/mol. The first kappa shape index (κ1) is 15.4. The topological polar surface area (TPSA) is 24.9 Å². The van der Waals surface area contributed by atoms with Gasteiger partial charge in [-0.05, 0) is 31.7 Å².